The van der Waals surface area contributed by atoms with Gasteiger partial charge in [0.2, 0.25) is 5.78 Å². The van der Waals surface area contributed by atoms with Crippen molar-refractivity contribution in [2.24, 2.45) is 11.5 Å². The standard InChI is InChI=1S/C13H13FN2O2.C13H14N2O2.C3H4O3.C2H2O4/c1-16-8-4-5-9(10(14)7-8)13(15)6-2-3-11(17)12(13)18;1-15-10-6-4-9(5-7-10)13(14)8-2-3-11(16)12(13)17;1-2(4)3(5)6;3-1(4)2(5)6/h4-5,7,11,17H,2-3,6,15H2;4-7,11,16H,2-3,8,14H2;1H3,(H,5,6);(H,3,4)(H,5,6). The average molecular weight is 657 g/mol. The van der Waals surface area contributed by atoms with Gasteiger partial charge in [-0.2, -0.15) is 0 Å². The molecule has 15 nitrogen and oxygen atoms in total. The van der Waals surface area contributed by atoms with Gasteiger partial charge in [-0.3, -0.25) is 14.4 Å². The summed E-state index contributed by atoms with van der Waals surface area (Å²) >= 11 is 0. The first-order valence-electron chi connectivity index (χ1n) is 13.7. The lowest BCUT2D eigenvalue weighted by atomic mass is 9.75. The molecular formula is C31H33FN4O11. The van der Waals surface area contributed by atoms with Crippen molar-refractivity contribution in [3.05, 3.63) is 82.2 Å². The number of aliphatic hydroxyl groups is 2. The summed E-state index contributed by atoms with van der Waals surface area (Å²) in [6.45, 7) is 14.7. The van der Waals surface area contributed by atoms with Crippen LogP contribution in [0.4, 0.5) is 15.8 Å². The van der Waals surface area contributed by atoms with E-state index in [1.807, 2.05) is 0 Å². The molecule has 2 aromatic carbocycles. The van der Waals surface area contributed by atoms with Gasteiger partial charge in [-0.15, -0.1) is 0 Å². The third-order valence-electron chi connectivity index (χ3n) is 7.14. The van der Waals surface area contributed by atoms with Crippen LogP contribution in [-0.4, -0.2) is 73.0 Å². The number of halogens is 1. The van der Waals surface area contributed by atoms with E-state index in [2.05, 4.69) is 9.69 Å². The Kier molecular flexibility index (Phi) is 14.6. The second kappa shape index (κ2) is 17.3. The predicted molar refractivity (Wildman–Crippen MR) is 160 cm³/mol. The molecule has 0 heterocycles. The third kappa shape index (κ3) is 10.6. The topological polar surface area (TPSA) is 264 Å². The fourth-order valence-electron chi connectivity index (χ4n) is 4.57. The summed E-state index contributed by atoms with van der Waals surface area (Å²) in [7, 11) is 0. The predicted octanol–water partition coefficient (Wildman–Crippen LogP) is 1.97. The highest BCUT2D eigenvalue weighted by atomic mass is 19.1. The molecule has 0 saturated heterocycles. The molecule has 16 heteroatoms. The van der Waals surface area contributed by atoms with Crippen molar-refractivity contribution in [1.82, 2.24) is 0 Å². The molecular weight excluding hydrogens is 623 g/mol. The van der Waals surface area contributed by atoms with Crippen molar-refractivity contribution in [2.75, 3.05) is 0 Å². The van der Waals surface area contributed by atoms with E-state index in [1.165, 1.54) is 12.1 Å². The Morgan fingerprint density at radius 2 is 1.17 bits per heavy atom. The fraction of sp³-hybridized carbons (Fsp3) is 0.355. The number of aliphatic carboxylic acids is 3. The van der Waals surface area contributed by atoms with Gasteiger partial charge < -0.3 is 37.0 Å². The van der Waals surface area contributed by atoms with Crippen LogP contribution in [0, 0.1) is 19.0 Å². The van der Waals surface area contributed by atoms with E-state index in [-0.39, 0.29) is 17.0 Å². The Balaban J connectivity index is 0.000000352. The monoisotopic (exact) mass is 656 g/mol. The molecule has 2 aromatic rings. The van der Waals surface area contributed by atoms with Gasteiger partial charge in [-0.05, 0) is 50.2 Å². The first kappa shape index (κ1) is 39.6. The van der Waals surface area contributed by atoms with Crippen LogP contribution in [0.25, 0.3) is 9.69 Å². The Morgan fingerprint density at radius 3 is 1.55 bits per heavy atom. The number of rotatable bonds is 3. The normalized spacial score (nSPS) is 23.0. The minimum atomic E-state index is -1.82. The number of hydrogen-bond acceptors (Lipinski definition) is 10. The number of ketones is 3. The Labute approximate surface area is 267 Å². The smallest absolute Gasteiger partial charge is 0.414 e. The van der Waals surface area contributed by atoms with Gasteiger partial charge in [0.15, 0.2) is 22.9 Å². The number of nitrogens with zero attached hydrogens (tertiary/aromatic N) is 2. The van der Waals surface area contributed by atoms with Gasteiger partial charge in [0.25, 0.3) is 0 Å². The van der Waals surface area contributed by atoms with Gasteiger partial charge in [-0.25, -0.2) is 28.5 Å². The quantitative estimate of drug-likeness (QED) is 0.184. The molecule has 0 bridgehead atoms. The van der Waals surface area contributed by atoms with Crippen LogP contribution in [0.5, 0.6) is 0 Å². The number of Topliss-reactive ketones (excluding diaryl/α,β-unsaturated/α-hetero) is 3. The number of carbonyl (C=O) groups excluding carboxylic acids is 3. The molecule has 2 aliphatic rings. The Morgan fingerprint density at radius 1 is 0.766 bits per heavy atom. The minimum absolute atomic E-state index is 0.0543. The summed E-state index contributed by atoms with van der Waals surface area (Å²) in [5.74, 6) is -7.40. The number of aliphatic hydroxyl groups excluding tert-OH is 2. The van der Waals surface area contributed by atoms with E-state index in [0.717, 1.165) is 19.4 Å². The zero-order chi connectivity index (χ0) is 36.1. The summed E-state index contributed by atoms with van der Waals surface area (Å²) in [6.07, 6.45) is 0.883. The SMILES string of the molecule is CC(=O)C(=O)O.O=C(O)C(=O)O.[C-]#[N+]c1ccc(C2(N)CCCC(O)C2=O)c(F)c1.[C-]#[N+]c1ccc(C2(N)CCCC(O)C2=O)cc1. The number of carbonyl (C=O) groups is 6. The second-order valence-electron chi connectivity index (χ2n) is 10.4. The van der Waals surface area contributed by atoms with Crippen LogP contribution in [-0.2, 0) is 39.8 Å². The van der Waals surface area contributed by atoms with E-state index in [1.54, 1.807) is 24.3 Å². The summed E-state index contributed by atoms with van der Waals surface area (Å²) in [5.41, 5.74) is 10.9. The molecule has 0 aliphatic heterocycles. The van der Waals surface area contributed by atoms with Gasteiger partial charge in [-0.1, -0.05) is 36.4 Å². The molecule has 250 valence electrons. The van der Waals surface area contributed by atoms with Crippen molar-refractivity contribution >= 4 is 46.6 Å². The number of hydrogen-bond donors (Lipinski definition) is 7. The van der Waals surface area contributed by atoms with E-state index in [9.17, 15) is 33.8 Å². The molecule has 0 amide bonds. The molecule has 4 atom stereocenters. The summed E-state index contributed by atoms with van der Waals surface area (Å²) in [5, 5.41) is 41.6. The molecule has 0 radical (unpaired) electrons. The van der Waals surface area contributed by atoms with E-state index < -0.39 is 58.6 Å². The van der Waals surface area contributed by atoms with Gasteiger partial charge in [0.05, 0.1) is 13.1 Å². The number of benzene rings is 2. The van der Waals surface area contributed by atoms with Crippen LogP contribution in [0.1, 0.15) is 56.6 Å². The fourth-order valence-corrected chi connectivity index (χ4v) is 4.57. The number of carboxylic acids is 3. The summed E-state index contributed by atoms with van der Waals surface area (Å²) in [4.78, 5) is 67.4. The molecule has 4 rings (SSSR count). The maximum atomic E-state index is 13.9. The third-order valence-corrected chi connectivity index (χ3v) is 7.14. The lowest BCUT2D eigenvalue weighted by molar-refractivity contribution is -0.159. The molecule has 2 aliphatic carbocycles. The summed E-state index contributed by atoms with van der Waals surface area (Å²) in [6, 6.07) is 10.5. The van der Waals surface area contributed by atoms with Crippen molar-refractivity contribution in [3.63, 3.8) is 0 Å². The van der Waals surface area contributed by atoms with Crippen LogP contribution in [0.3, 0.4) is 0 Å². The largest absolute Gasteiger partial charge is 0.476 e. The molecule has 4 unspecified atom stereocenters. The van der Waals surface area contributed by atoms with Gasteiger partial charge in [0.1, 0.15) is 29.1 Å². The maximum Gasteiger partial charge on any atom is 0.414 e. The Hall–Kier alpha value is -5.39. The van der Waals surface area contributed by atoms with Crippen molar-refractivity contribution in [1.29, 1.82) is 0 Å². The van der Waals surface area contributed by atoms with Gasteiger partial charge in [0, 0.05) is 12.5 Å². The average Bonchev–Trinajstić information content (AvgIpc) is 3.03. The first-order valence-corrected chi connectivity index (χ1v) is 13.7. The zero-order valence-electron chi connectivity index (χ0n) is 25.1. The Bertz CT molecular complexity index is 1550. The highest BCUT2D eigenvalue weighted by Crippen LogP contribution is 2.35. The zero-order valence-corrected chi connectivity index (χ0v) is 25.1. The molecule has 0 spiro atoms. The molecule has 2 fully saturated rings. The van der Waals surface area contributed by atoms with Crippen LogP contribution < -0.4 is 11.5 Å². The first-order chi connectivity index (χ1) is 21.8. The van der Waals surface area contributed by atoms with Crippen molar-refractivity contribution in [3.8, 4) is 0 Å². The second-order valence-corrected chi connectivity index (χ2v) is 10.4. The lowest BCUT2D eigenvalue weighted by Gasteiger charge is -2.35. The lowest BCUT2D eigenvalue weighted by Crippen LogP contribution is -2.53. The molecule has 0 aromatic heterocycles. The van der Waals surface area contributed by atoms with Crippen LogP contribution in [0.2, 0.25) is 0 Å². The minimum Gasteiger partial charge on any atom is -0.476 e. The van der Waals surface area contributed by atoms with E-state index >= 15 is 0 Å². The van der Waals surface area contributed by atoms with Crippen molar-refractivity contribution in [2.45, 2.75) is 68.7 Å². The molecule has 9 N–H and O–H groups in total. The maximum absolute atomic E-state index is 13.9. The number of nitrogens with two attached hydrogens (primary N) is 2. The van der Waals surface area contributed by atoms with E-state index in [4.69, 9.17) is 49.5 Å². The van der Waals surface area contributed by atoms with Crippen molar-refractivity contribution < 1.29 is 58.7 Å². The highest BCUT2D eigenvalue weighted by Gasteiger charge is 2.44. The number of carboxylic acid groups (broad SMARTS) is 3. The van der Waals surface area contributed by atoms with Crippen LogP contribution in [0.15, 0.2) is 42.5 Å². The molecule has 47 heavy (non-hydrogen) atoms. The van der Waals surface area contributed by atoms with E-state index in [0.29, 0.717) is 43.4 Å². The van der Waals surface area contributed by atoms with Crippen LogP contribution >= 0.6 is 0 Å². The van der Waals surface area contributed by atoms with Gasteiger partial charge >= 0.3 is 17.9 Å². The molecule has 2 saturated carbocycles. The summed E-state index contributed by atoms with van der Waals surface area (Å²) < 4.78 is 13.9. The highest BCUT2D eigenvalue weighted by molar-refractivity contribution is 6.31.